The van der Waals surface area contributed by atoms with Crippen molar-refractivity contribution < 1.29 is 4.79 Å². The second-order valence-corrected chi connectivity index (χ2v) is 4.40. The van der Waals surface area contributed by atoms with Gasteiger partial charge in [-0.25, -0.2) is 0 Å². The number of carbonyl (C=O) groups excluding carboxylic acids is 1. The molecule has 0 aliphatic rings. The van der Waals surface area contributed by atoms with E-state index in [1.165, 1.54) is 22.2 Å². The molecule has 0 radical (unpaired) electrons. The number of ketones is 1. The zero-order valence-electron chi connectivity index (χ0n) is 10.3. The lowest BCUT2D eigenvalue weighted by Gasteiger charge is -2.03. The molecule has 0 fully saturated rings. The number of hydrogen-bond acceptors (Lipinski definition) is 2. The van der Waals surface area contributed by atoms with Crippen molar-refractivity contribution in [2.45, 2.75) is 20.3 Å². The molecule has 1 heterocycles. The van der Waals surface area contributed by atoms with E-state index in [-0.39, 0.29) is 5.78 Å². The smallest absolute Gasteiger partial charge is 0.143 e. The first-order chi connectivity index (χ1) is 8.18. The molecule has 2 aromatic rings. The summed E-state index contributed by atoms with van der Waals surface area (Å²) in [7, 11) is 0. The number of carbonyl (C=O) groups is 1. The average Bonchev–Trinajstić information content (AvgIpc) is 2.60. The summed E-state index contributed by atoms with van der Waals surface area (Å²) < 4.78 is 0. The minimum Gasteiger partial charge on any atom is -0.358 e. The molecule has 1 aromatic carbocycles. The van der Waals surface area contributed by atoms with Crippen molar-refractivity contribution in [2.24, 2.45) is 0 Å². The van der Waals surface area contributed by atoms with Gasteiger partial charge in [0.25, 0.3) is 0 Å². The van der Waals surface area contributed by atoms with E-state index in [1.54, 1.807) is 6.92 Å². The van der Waals surface area contributed by atoms with Gasteiger partial charge in [0.05, 0.1) is 6.54 Å². The molecule has 0 bridgehead atoms. The molecule has 0 saturated carbocycles. The van der Waals surface area contributed by atoms with E-state index in [2.05, 4.69) is 35.4 Å². The molecule has 0 saturated heterocycles. The van der Waals surface area contributed by atoms with Crippen LogP contribution in [0.25, 0.3) is 10.9 Å². The van der Waals surface area contributed by atoms with Gasteiger partial charge in [-0.1, -0.05) is 18.2 Å². The van der Waals surface area contributed by atoms with E-state index in [4.69, 9.17) is 0 Å². The van der Waals surface area contributed by atoms with Crippen LogP contribution in [0.4, 0.5) is 0 Å². The Balaban J connectivity index is 2.07. The first-order valence-corrected chi connectivity index (χ1v) is 5.95. The predicted octanol–water partition coefficient (Wildman–Crippen LogP) is 2.20. The van der Waals surface area contributed by atoms with E-state index in [9.17, 15) is 4.79 Å². The molecule has 3 nitrogen and oxygen atoms in total. The summed E-state index contributed by atoms with van der Waals surface area (Å²) in [5.74, 6) is 0.181. The quantitative estimate of drug-likeness (QED) is 0.773. The average molecular weight is 230 g/mol. The van der Waals surface area contributed by atoms with Crippen LogP contribution in [-0.2, 0) is 11.2 Å². The largest absolute Gasteiger partial charge is 0.358 e. The van der Waals surface area contributed by atoms with Crippen LogP contribution in [-0.4, -0.2) is 23.9 Å². The molecule has 2 rings (SSSR count). The summed E-state index contributed by atoms with van der Waals surface area (Å²) in [5, 5.41) is 4.44. The lowest BCUT2D eigenvalue weighted by Crippen LogP contribution is -2.23. The van der Waals surface area contributed by atoms with E-state index in [0.717, 1.165) is 13.0 Å². The third-order valence-corrected chi connectivity index (χ3v) is 2.95. The highest BCUT2D eigenvalue weighted by atomic mass is 16.1. The number of rotatable bonds is 5. The van der Waals surface area contributed by atoms with Crippen molar-refractivity contribution in [3.63, 3.8) is 0 Å². The monoisotopic (exact) mass is 230 g/mol. The summed E-state index contributed by atoms with van der Waals surface area (Å²) in [6, 6.07) is 8.33. The Hall–Kier alpha value is -1.61. The topological polar surface area (TPSA) is 44.9 Å². The lowest BCUT2D eigenvalue weighted by molar-refractivity contribution is -0.116. The fraction of sp³-hybridized carbons (Fsp3) is 0.357. The van der Waals surface area contributed by atoms with Gasteiger partial charge < -0.3 is 10.3 Å². The maximum absolute atomic E-state index is 10.8. The molecule has 0 aliphatic carbocycles. The SMILES string of the molecule is CC(=O)CNCCc1c(C)[nH]c2ccccc12. The normalized spacial score (nSPS) is 10.9. The highest BCUT2D eigenvalue weighted by molar-refractivity contribution is 5.84. The highest BCUT2D eigenvalue weighted by Crippen LogP contribution is 2.21. The van der Waals surface area contributed by atoms with Gasteiger partial charge in [-0.05, 0) is 38.4 Å². The minimum absolute atomic E-state index is 0.181. The van der Waals surface area contributed by atoms with Gasteiger partial charge in [-0.3, -0.25) is 4.79 Å². The fourth-order valence-corrected chi connectivity index (χ4v) is 2.13. The predicted molar refractivity (Wildman–Crippen MR) is 70.3 cm³/mol. The molecular weight excluding hydrogens is 212 g/mol. The molecule has 0 aliphatic heterocycles. The first-order valence-electron chi connectivity index (χ1n) is 5.95. The molecular formula is C14H18N2O. The summed E-state index contributed by atoms with van der Waals surface area (Å²) in [6.45, 7) is 4.99. The zero-order chi connectivity index (χ0) is 12.3. The van der Waals surface area contributed by atoms with Crippen molar-refractivity contribution in [1.29, 1.82) is 0 Å². The van der Waals surface area contributed by atoms with Crippen LogP contribution in [0, 0.1) is 6.92 Å². The third-order valence-electron chi connectivity index (χ3n) is 2.95. The van der Waals surface area contributed by atoms with Crippen LogP contribution in [0.1, 0.15) is 18.2 Å². The number of para-hydroxylation sites is 1. The van der Waals surface area contributed by atoms with Crippen molar-refractivity contribution in [1.82, 2.24) is 10.3 Å². The molecule has 0 amide bonds. The van der Waals surface area contributed by atoms with Crippen molar-refractivity contribution in [3.05, 3.63) is 35.5 Å². The van der Waals surface area contributed by atoms with Gasteiger partial charge in [-0.2, -0.15) is 0 Å². The highest BCUT2D eigenvalue weighted by Gasteiger charge is 2.06. The van der Waals surface area contributed by atoms with Gasteiger partial charge in [0, 0.05) is 16.6 Å². The Morgan fingerprint density at radius 2 is 2.12 bits per heavy atom. The summed E-state index contributed by atoms with van der Waals surface area (Å²) in [6.07, 6.45) is 0.948. The number of fused-ring (bicyclic) bond motifs is 1. The number of Topliss-reactive ketones (excluding diaryl/α,β-unsaturated/α-hetero) is 1. The standard InChI is InChI=1S/C14H18N2O/c1-10(17)9-15-8-7-12-11(2)16-14-6-4-3-5-13(12)14/h3-6,15-16H,7-9H2,1-2H3. The maximum Gasteiger partial charge on any atom is 0.143 e. The Kier molecular flexibility index (Phi) is 3.59. The number of hydrogen-bond donors (Lipinski definition) is 2. The lowest BCUT2D eigenvalue weighted by atomic mass is 10.1. The van der Waals surface area contributed by atoms with Crippen LogP contribution in [0.3, 0.4) is 0 Å². The second kappa shape index (κ2) is 5.15. The van der Waals surface area contributed by atoms with Crippen molar-refractivity contribution in [2.75, 3.05) is 13.1 Å². The molecule has 0 unspecified atom stereocenters. The van der Waals surface area contributed by atoms with Crippen LogP contribution in [0.15, 0.2) is 24.3 Å². The Bertz CT molecular complexity index is 528. The second-order valence-electron chi connectivity index (χ2n) is 4.40. The van der Waals surface area contributed by atoms with Gasteiger partial charge in [0.1, 0.15) is 5.78 Å². The number of nitrogens with one attached hydrogen (secondary N) is 2. The number of benzene rings is 1. The Morgan fingerprint density at radius 1 is 1.35 bits per heavy atom. The minimum atomic E-state index is 0.181. The summed E-state index contributed by atoms with van der Waals surface area (Å²) in [4.78, 5) is 14.2. The molecule has 1 aromatic heterocycles. The third kappa shape index (κ3) is 2.74. The van der Waals surface area contributed by atoms with E-state index in [0.29, 0.717) is 6.54 Å². The van der Waals surface area contributed by atoms with Crippen LogP contribution in [0.5, 0.6) is 0 Å². The summed E-state index contributed by atoms with van der Waals surface area (Å²) >= 11 is 0. The molecule has 0 atom stereocenters. The van der Waals surface area contributed by atoms with Gasteiger partial charge in [0.2, 0.25) is 0 Å². The maximum atomic E-state index is 10.8. The summed E-state index contributed by atoms with van der Waals surface area (Å²) in [5.41, 5.74) is 3.75. The first kappa shape index (κ1) is 11.9. The van der Waals surface area contributed by atoms with Gasteiger partial charge in [0.15, 0.2) is 0 Å². The number of aromatic amines is 1. The molecule has 90 valence electrons. The number of H-pyrrole nitrogens is 1. The van der Waals surface area contributed by atoms with Crippen molar-refractivity contribution in [3.8, 4) is 0 Å². The van der Waals surface area contributed by atoms with E-state index >= 15 is 0 Å². The zero-order valence-corrected chi connectivity index (χ0v) is 10.3. The van der Waals surface area contributed by atoms with Crippen LogP contribution in [0.2, 0.25) is 0 Å². The molecule has 3 heteroatoms. The van der Waals surface area contributed by atoms with Gasteiger partial charge in [-0.15, -0.1) is 0 Å². The van der Waals surface area contributed by atoms with Gasteiger partial charge >= 0.3 is 0 Å². The van der Waals surface area contributed by atoms with E-state index in [1.807, 2.05) is 6.07 Å². The molecule has 0 spiro atoms. The number of aryl methyl sites for hydroxylation is 1. The van der Waals surface area contributed by atoms with Crippen LogP contribution < -0.4 is 5.32 Å². The van der Waals surface area contributed by atoms with Crippen molar-refractivity contribution >= 4 is 16.7 Å². The molecule has 2 N–H and O–H groups in total. The molecule has 17 heavy (non-hydrogen) atoms. The van der Waals surface area contributed by atoms with Crippen LogP contribution >= 0.6 is 0 Å². The fourth-order valence-electron chi connectivity index (χ4n) is 2.13. The Labute approximate surface area is 101 Å². The Morgan fingerprint density at radius 3 is 2.88 bits per heavy atom. The number of aromatic nitrogens is 1. The van der Waals surface area contributed by atoms with E-state index < -0.39 is 0 Å².